The minimum Gasteiger partial charge on any atom is -0.324 e. The monoisotopic (exact) mass is 262 g/mol. The molecular formula is C11H17F3N4. The van der Waals surface area contributed by atoms with Crippen LogP contribution in [0.4, 0.5) is 18.9 Å². The van der Waals surface area contributed by atoms with Crippen LogP contribution in [0, 0.1) is 0 Å². The highest BCUT2D eigenvalue weighted by Gasteiger charge is 2.31. The summed E-state index contributed by atoms with van der Waals surface area (Å²) >= 11 is 0. The SMILES string of the molecule is CC(C)N(Cc1cc(NN)ccn1)CC(F)(F)F. The van der Waals surface area contributed by atoms with Crippen molar-refractivity contribution in [1.29, 1.82) is 0 Å². The molecule has 1 heterocycles. The Balaban J connectivity index is 2.76. The molecule has 0 radical (unpaired) electrons. The highest BCUT2D eigenvalue weighted by atomic mass is 19.4. The summed E-state index contributed by atoms with van der Waals surface area (Å²) in [5.74, 6) is 5.24. The van der Waals surface area contributed by atoms with Crippen molar-refractivity contribution in [2.75, 3.05) is 12.0 Å². The van der Waals surface area contributed by atoms with E-state index in [1.54, 1.807) is 26.0 Å². The number of halogens is 3. The normalized spacial score (nSPS) is 12.2. The Hall–Kier alpha value is -1.34. The molecule has 1 rings (SSSR count). The number of hydrogen-bond acceptors (Lipinski definition) is 4. The zero-order chi connectivity index (χ0) is 13.8. The van der Waals surface area contributed by atoms with Crippen LogP contribution in [0.3, 0.4) is 0 Å². The molecule has 18 heavy (non-hydrogen) atoms. The second-order valence-corrected chi connectivity index (χ2v) is 4.29. The number of alkyl halides is 3. The average molecular weight is 262 g/mol. The molecule has 0 aliphatic carbocycles. The first kappa shape index (κ1) is 14.7. The molecule has 4 nitrogen and oxygen atoms in total. The van der Waals surface area contributed by atoms with E-state index in [1.807, 2.05) is 0 Å². The van der Waals surface area contributed by atoms with Crippen LogP contribution in [0.15, 0.2) is 18.3 Å². The van der Waals surface area contributed by atoms with Gasteiger partial charge >= 0.3 is 6.18 Å². The van der Waals surface area contributed by atoms with E-state index in [2.05, 4.69) is 10.4 Å². The van der Waals surface area contributed by atoms with Gasteiger partial charge in [0.25, 0.3) is 0 Å². The van der Waals surface area contributed by atoms with Crippen LogP contribution >= 0.6 is 0 Å². The molecule has 0 atom stereocenters. The lowest BCUT2D eigenvalue weighted by Gasteiger charge is -2.27. The minimum atomic E-state index is -4.21. The molecule has 0 aliphatic heterocycles. The van der Waals surface area contributed by atoms with Gasteiger partial charge in [0.1, 0.15) is 0 Å². The Labute approximate surface area is 104 Å². The van der Waals surface area contributed by atoms with Crippen LogP contribution < -0.4 is 11.3 Å². The van der Waals surface area contributed by atoms with Gasteiger partial charge in [0, 0.05) is 18.8 Å². The quantitative estimate of drug-likeness (QED) is 0.630. The fourth-order valence-corrected chi connectivity index (χ4v) is 1.51. The lowest BCUT2D eigenvalue weighted by atomic mass is 10.2. The topological polar surface area (TPSA) is 54.2 Å². The number of nitrogens with one attached hydrogen (secondary N) is 1. The molecule has 7 heteroatoms. The van der Waals surface area contributed by atoms with Crippen molar-refractivity contribution < 1.29 is 13.2 Å². The van der Waals surface area contributed by atoms with Crippen LogP contribution in [-0.2, 0) is 6.54 Å². The third-order valence-electron chi connectivity index (χ3n) is 2.46. The van der Waals surface area contributed by atoms with Crippen molar-refractivity contribution in [2.24, 2.45) is 5.84 Å². The second kappa shape index (κ2) is 6.01. The number of anilines is 1. The Kier molecular flexibility index (Phi) is 4.92. The van der Waals surface area contributed by atoms with Crippen LogP contribution in [-0.4, -0.2) is 28.6 Å². The van der Waals surface area contributed by atoms with Gasteiger partial charge in [-0.15, -0.1) is 0 Å². The summed E-state index contributed by atoms with van der Waals surface area (Å²) in [5.41, 5.74) is 3.60. The first-order chi connectivity index (χ1) is 8.31. The fourth-order valence-electron chi connectivity index (χ4n) is 1.51. The number of rotatable bonds is 5. The van der Waals surface area contributed by atoms with Crippen LogP contribution in [0.25, 0.3) is 0 Å². The highest BCUT2D eigenvalue weighted by molar-refractivity contribution is 5.41. The fraction of sp³-hybridized carbons (Fsp3) is 0.545. The smallest absolute Gasteiger partial charge is 0.324 e. The van der Waals surface area contributed by atoms with Crippen LogP contribution in [0.5, 0.6) is 0 Å². The Morgan fingerprint density at radius 1 is 1.44 bits per heavy atom. The first-order valence-corrected chi connectivity index (χ1v) is 5.54. The molecule has 0 aliphatic rings. The van der Waals surface area contributed by atoms with Crippen molar-refractivity contribution >= 4 is 5.69 Å². The van der Waals surface area contributed by atoms with E-state index < -0.39 is 12.7 Å². The highest BCUT2D eigenvalue weighted by Crippen LogP contribution is 2.20. The maximum absolute atomic E-state index is 12.4. The van der Waals surface area contributed by atoms with Crippen molar-refractivity contribution in [3.63, 3.8) is 0 Å². The van der Waals surface area contributed by atoms with E-state index in [0.717, 1.165) is 0 Å². The molecular weight excluding hydrogens is 245 g/mol. The van der Waals surface area contributed by atoms with E-state index in [-0.39, 0.29) is 12.6 Å². The van der Waals surface area contributed by atoms with Gasteiger partial charge in [0.15, 0.2) is 0 Å². The summed E-state index contributed by atoms with van der Waals surface area (Å²) in [6.07, 6.45) is -2.70. The lowest BCUT2D eigenvalue weighted by Crippen LogP contribution is -2.38. The van der Waals surface area contributed by atoms with Gasteiger partial charge in [-0.2, -0.15) is 13.2 Å². The largest absolute Gasteiger partial charge is 0.401 e. The summed E-state index contributed by atoms with van der Waals surface area (Å²) in [6, 6.07) is 3.06. The summed E-state index contributed by atoms with van der Waals surface area (Å²) in [4.78, 5) is 5.34. The molecule has 1 aromatic heterocycles. The molecule has 0 spiro atoms. The Bertz CT molecular complexity index is 379. The number of pyridine rings is 1. The number of aromatic nitrogens is 1. The molecule has 0 unspecified atom stereocenters. The van der Waals surface area contributed by atoms with Crippen molar-refractivity contribution in [3.05, 3.63) is 24.0 Å². The van der Waals surface area contributed by atoms with Gasteiger partial charge < -0.3 is 5.43 Å². The summed E-state index contributed by atoms with van der Waals surface area (Å²) < 4.78 is 37.3. The Morgan fingerprint density at radius 3 is 2.61 bits per heavy atom. The van der Waals surface area contributed by atoms with Gasteiger partial charge in [0.2, 0.25) is 0 Å². The Morgan fingerprint density at radius 2 is 2.11 bits per heavy atom. The molecule has 1 aromatic rings. The number of nitrogens with zero attached hydrogens (tertiary/aromatic N) is 2. The van der Waals surface area contributed by atoms with Crippen LogP contribution in [0.1, 0.15) is 19.5 Å². The summed E-state index contributed by atoms with van der Waals surface area (Å²) in [6.45, 7) is 2.62. The third-order valence-corrected chi connectivity index (χ3v) is 2.46. The minimum absolute atomic E-state index is 0.132. The summed E-state index contributed by atoms with van der Waals surface area (Å²) in [5, 5.41) is 0. The molecule has 0 amide bonds. The van der Waals surface area contributed by atoms with E-state index in [4.69, 9.17) is 5.84 Å². The average Bonchev–Trinajstić information content (AvgIpc) is 2.26. The van der Waals surface area contributed by atoms with Crippen molar-refractivity contribution in [3.8, 4) is 0 Å². The van der Waals surface area contributed by atoms with Crippen LogP contribution in [0.2, 0.25) is 0 Å². The molecule has 0 aromatic carbocycles. The maximum Gasteiger partial charge on any atom is 0.401 e. The first-order valence-electron chi connectivity index (χ1n) is 5.54. The number of nitrogen functional groups attached to an aromatic ring is 1. The van der Waals surface area contributed by atoms with Crippen molar-refractivity contribution in [2.45, 2.75) is 32.6 Å². The lowest BCUT2D eigenvalue weighted by molar-refractivity contribution is -0.151. The van der Waals surface area contributed by atoms with E-state index in [9.17, 15) is 13.2 Å². The predicted molar refractivity (Wildman–Crippen MR) is 63.6 cm³/mol. The van der Waals surface area contributed by atoms with Gasteiger partial charge in [-0.3, -0.25) is 15.7 Å². The van der Waals surface area contributed by atoms with Gasteiger partial charge in [-0.1, -0.05) is 0 Å². The zero-order valence-corrected chi connectivity index (χ0v) is 10.3. The molecule has 0 saturated heterocycles. The van der Waals surface area contributed by atoms with E-state index >= 15 is 0 Å². The number of hydrazine groups is 1. The van der Waals surface area contributed by atoms with E-state index in [0.29, 0.717) is 11.4 Å². The maximum atomic E-state index is 12.4. The molecule has 3 N–H and O–H groups in total. The summed E-state index contributed by atoms with van der Waals surface area (Å²) in [7, 11) is 0. The molecule has 0 saturated carbocycles. The van der Waals surface area contributed by atoms with E-state index in [1.165, 1.54) is 11.1 Å². The van der Waals surface area contributed by atoms with Gasteiger partial charge in [-0.25, -0.2) is 0 Å². The van der Waals surface area contributed by atoms with Gasteiger partial charge in [-0.05, 0) is 26.0 Å². The van der Waals surface area contributed by atoms with Gasteiger partial charge in [0.05, 0.1) is 17.9 Å². The number of nitrogens with two attached hydrogens (primary N) is 1. The number of hydrogen-bond donors (Lipinski definition) is 2. The second-order valence-electron chi connectivity index (χ2n) is 4.29. The predicted octanol–water partition coefficient (Wildman–Crippen LogP) is 2.14. The molecule has 102 valence electrons. The zero-order valence-electron chi connectivity index (χ0n) is 10.3. The molecule has 0 fully saturated rings. The standard InChI is InChI=1S/C11H17F3N4/c1-8(2)18(7-11(12,13)14)6-10-5-9(17-15)3-4-16-10/h3-5,8H,6-7,15H2,1-2H3,(H,16,17). The third kappa shape index (κ3) is 4.89. The van der Waals surface area contributed by atoms with Crippen molar-refractivity contribution in [1.82, 2.24) is 9.88 Å². The molecule has 0 bridgehead atoms.